The summed E-state index contributed by atoms with van der Waals surface area (Å²) in [6.45, 7) is 2.10. The largest absolute Gasteiger partial charge is 0.348 e. The molecular formula is C14H19ClN2O3S. The molecule has 1 heterocycles. The van der Waals surface area contributed by atoms with Crippen molar-refractivity contribution in [3.05, 3.63) is 18.0 Å². The number of carbonyl (C=O) groups is 1. The van der Waals surface area contributed by atoms with Crippen LogP contribution in [0.4, 0.5) is 0 Å². The van der Waals surface area contributed by atoms with Crippen molar-refractivity contribution in [3.8, 4) is 0 Å². The van der Waals surface area contributed by atoms with Crippen LogP contribution < -0.4 is 5.32 Å². The van der Waals surface area contributed by atoms with Crippen LogP contribution in [0, 0.1) is 5.92 Å². The van der Waals surface area contributed by atoms with Crippen molar-refractivity contribution >= 4 is 25.6 Å². The summed E-state index contributed by atoms with van der Waals surface area (Å²) in [5.74, 6) is 0.353. The van der Waals surface area contributed by atoms with E-state index in [1.807, 2.05) is 0 Å². The molecule has 3 rings (SSSR count). The molecule has 2 fully saturated rings. The van der Waals surface area contributed by atoms with Crippen molar-refractivity contribution in [3.63, 3.8) is 0 Å². The summed E-state index contributed by atoms with van der Waals surface area (Å²) in [6, 6.07) is 1.82. The lowest BCUT2D eigenvalue weighted by molar-refractivity contribution is 0.0934. The summed E-state index contributed by atoms with van der Waals surface area (Å²) in [7, 11) is 1.59. The smallest absolute Gasteiger partial charge is 0.268 e. The standard InChI is InChI=1S/C14H19ClN2O3S/c1-2-9-6-12(9)16-14(18)13-7-11(21(15,19)20)8-17(13)10-4-3-5-10/h7-10,12H,2-6H2,1H3,(H,16,18). The van der Waals surface area contributed by atoms with Crippen LogP contribution in [0.2, 0.25) is 0 Å². The molecule has 0 bridgehead atoms. The van der Waals surface area contributed by atoms with Crippen LogP contribution in [0.25, 0.3) is 0 Å². The number of aromatic nitrogens is 1. The second-order valence-electron chi connectivity index (χ2n) is 5.97. The highest BCUT2D eigenvalue weighted by molar-refractivity contribution is 8.13. The molecule has 7 heteroatoms. The molecule has 0 aromatic carbocycles. The van der Waals surface area contributed by atoms with Gasteiger partial charge in [-0.3, -0.25) is 4.79 Å². The summed E-state index contributed by atoms with van der Waals surface area (Å²) >= 11 is 0. The predicted molar refractivity (Wildman–Crippen MR) is 80.0 cm³/mol. The molecule has 2 saturated carbocycles. The van der Waals surface area contributed by atoms with Gasteiger partial charge in [0, 0.05) is 29.0 Å². The Kier molecular flexibility index (Phi) is 3.78. The molecule has 21 heavy (non-hydrogen) atoms. The van der Waals surface area contributed by atoms with Crippen molar-refractivity contribution in [1.29, 1.82) is 0 Å². The van der Waals surface area contributed by atoms with Gasteiger partial charge in [0.2, 0.25) is 0 Å². The number of hydrogen-bond acceptors (Lipinski definition) is 3. The van der Waals surface area contributed by atoms with Crippen LogP contribution in [-0.2, 0) is 9.05 Å². The second-order valence-corrected chi connectivity index (χ2v) is 8.54. The van der Waals surface area contributed by atoms with Gasteiger partial charge in [-0.25, -0.2) is 8.42 Å². The molecule has 116 valence electrons. The molecule has 0 spiro atoms. The maximum absolute atomic E-state index is 12.4. The monoisotopic (exact) mass is 330 g/mol. The molecule has 0 aliphatic heterocycles. The first-order chi connectivity index (χ1) is 9.90. The van der Waals surface area contributed by atoms with E-state index in [0.29, 0.717) is 11.6 Å². The molecule has 2 aliphatic carbocycles. The van der Waals surface area contributed by atoms with E-state index in [9.17, 15) is 13.2 Å². The van der Waals surface area contributed by atoms with E-state index >= 15 is 0 Å². The number of rotatable bonds is 5. The maximum atomic E-state index is 12.4. The van der Waals surface area contributed by atoms with Crippen LogP contribution in [0.1, 0.15) is 55.6 Å². The minimum Gasteiger partial charge on any atom is -0.348 e. The van der Waals surface area contributed by atoms with E-state index in [4.69, 9.17) is 10.7 Å². The van der Waals surface area contributed by atoms with E-state index in [0.717, 1.165) is 32.1 Å². The minimum atomic E-state index is -3.81. The number of nitrogens with one attached hydrogen (secondary N) is 1. The summed E-state index contributed by atoms with van der Waals surface area (Å²) in [5.41, 5.74) is 0.403. The van der Waals surface area contributed by atoms with Crippen LogP contribution >= 0.6 is 10.7 Å². The zero-order valence-electron chi connectivity index (χ0n) is 11.9. The van der Waals surface area contributed by atoms with Crippen LogP contribution in [0.15, 0.2) is 17.2 Å². The van der Waals surface area contributed by atoms with Gasteiger partial charge >= 0.3 is 0 Å². The lowest BCUT2D eigenvalue weighted by Crippen LogP contribution is -2.30. The topological polar surface area (TPSA) is 68.2 Å². The molecule has 2 aliphatic rings. The van der Waals surface area contributed by atoms with E-state index in [2.05, 4.69) is 12.2 Å². The molecule has 2 unspecified atom stereocenters. The van der Waals surface area contributed by atoms with Crippen molar-refractivity contribution < 1.29 is 13.2 Å². The Morgan fingerprint density at radius 1 is 1.48 bits per heavy atom. The molecule has 0 radical (unpaired) electrons. The van der Waals surface area contributed by atoms with Crippen molar-refractivity contribution in [2.24, 2.45) is 5.92 Å². The van der Waals surface area contributed by atoms with Crippen LogP contribution in [0.5, 0.6) is 0 Å². The number of carbonyl (C=O) groups excluding carboxylic acids is 1. The van der Waals surface area contributed by atoms with Gasteiger partial charge in [0.05, 0.1) is 0 Å². The summed E-state index contributed by atoms with van der Waals surface area (Å²) in [5, 5.41) is 2.98. The second kappa shape index (κ2) is 5.32. The van der Waals surface area contributed by atoms with Gasteiger partial charge in [0.25, 0.3) is 15.0 Å². The lowest BCUT2D eigenvalue weighted by Gasteiger charge is -2.28. The predicted octanol–water partition coefficient (Wildman–Crippen LogP) is 2.67. The Balaban J connectivity index is 1.85. The van der Waals surface area contributed by atoms with E-state index in [1.54, 1.807) is 4.57 Å². The lowest BCUT2D eigenvalue weighted by atomic mass is 9.93. The first-order valence-corrected chi connectivity index (χ1v) is 9.68. The zero-order chi connectivity index (χ0) is 15.2. The normalized spacial score (nSPS) is 25.4. The van der Waals surface area contributed by atoms with Crippen molar-refractivity contribution in [2.75, 3.05) is 0 Å². The highest BCUT2D eigenvalue weighted by Crippen LogP contribution is 2.36. The van der Waals surface area contributed by atoms with Crippen molar-refractivity contribution in [2.45, 2.75) is 56.0 Å². The number of amides is 1. The fourth-order valence-electron chi connectivity index (χ4n) is 2.85. The highest BCUT2D eigenvalue weighted by atomic mass is 35.7. The Morgan fingerprint density at radius 3 is 2.67 bits per heavy atom. The maximum Gasteiger partial charge on any atom is 0.268 e. The Labute approximate surface area is 129 Å². The molecule has 0 saturated heterocycles. The first-order valence-electron chi connectivity index (χ1n) is 7.37. The average molecular weight is 331 g/mol. The number of halogens is 1. The molecule has 1 N–H and O–H groups in total. The van der Waals surface area contributed by atoms with E-state index in [-0.39, 0.29) is 22.9 Å². The van der Waals surface area contributed by atoms with Gasteiger partial charge in [0.15, 0.2) is 0 Å². The summed E-state index contributed by atoms with van der Waals surface area (Å²) in [4.78, 5) is 12.4. The van der Waals surface area contributed by atoms with Crippen molar-refractivity contribution in [1.82, 2.24) is 9.88 Å². The average Bonchev–Trinajstić information content (AvgIpc) is 2.92. The molecule has 1 aromatic rings. The van der Waals surface area contributed by atoms with Crippen LogP contribution in [0.3, 0.4) is 0 Å². The van der Waals surface area contributed by atoms with E-state index in [1.165, 1.54) is 12.3 Å². The molecule has 2 atom stereocenters. The SMILES string of the molecule is CCC1CC1NC(=O)c1cc(S(=O)(=O)Cl)cn1C1CCC1. The Bertz CT molecular complexity index is 664. The van der Waals surface area contributed by atoms with Crippen LogP contribution in [-0.4, -0.2) is 24.9 Å². The quantitative estimate of drug-likeness (QED) is 0.844. The fraction of sp³-hybridized carbons (Fsp3) is 0.643. The Hall–Kier alpha value is -1.01. The molecular weight excluding hydrogens is 312 g/mol. The summed E-state index contributed by atoms with van der Waals surface area (Å²) < 4.78 is 24.8. The van der Waals surface area contributed by atoms with Gasteiger partial charge in [-0.2, -0.15) is 0 Å². The molecule has 1 aromatic heterocycles. The van der Waals surface area contributed by atoms with Gasteiger partial charge in [-0.15, -0.1) is 0 Å². The number of hydrogen-bond donors (Lipinski definition) is 1. The third kappa shape index (κ3) is 2.97. The Morgan fingerprint density at radius 2 is 2.19 bits per heavy atom. The molecule has 1 amide bonds. The van der Waals surface area contributed by atoms with Gasteiger partial charge in [-0.05, 0) is 37.7 Å². The molecule has 5 nitrogen and oxygen atoms in total. The third-order valence-corrected chi connectivity index (χ3v) is 5.89. The van der Waals surface area contributed by atoms with Gasteiger partial charge < -0.3 is 9.88 Å². The first kappa shape index (κ1) is 14.9. The third-order valence-electron chi connectivity index (χ3n) is 4.57. The summed E-state index contributed by atoms with van der Waals surface area (Å²) in [6.07, 6.45) is 6.59. The number of nitrogens with zero attached hydrogens (tertiary/aromatic N) is 1. The minimum absolute atomic E-state index is 0.00375. The van der Waals surface area contributed by atoms with Gasteiger partial charge in [0.1, 0.15) is 10.6 Å². The van der Waals surface area contributed by atoms with Gasteiger partial charge in [-0.1, -0.05) is 13.3 Å². The zero-order valence-corrected chi connectivity index (χ0v) is 13.5. The highest BCUT2D eigenvalue weighted by Gasteiger charge is 2.37. The van der Waals surface area contributed by atoms with E-state index < -0.39 is 9.05 Å². The fourth-order valence-corrected chi connectivity index (χ4v) is 3.60.